The number of benzene rings is 2. The minimum absolute atomic E-state index is 0.0804. The number of amides is 1. The average Bonchev–Trinajstić information content (AvgIpc) is 2.95. The predicted molar refractivity (Wildman–Crippen MR) is 111 cm³/mol. The van der Waals surface area contributed by atoms with Gasteiger partial charge in [-0.2, -0.15) is 0 Å². The van der Waals surface area contributed by atoms with Crippen LogP contribution in [0.4, 0.5) is 5.69 Å². The molecule has 2 N–H and O–H groups in total. The van der Waals surface area contributed by atoms with Crippen molar-refractivity contribution in [2.45, 2.75) is 13.0 Å². The number of carboxylic acid groups (broad SMARTS) is 1. The molecule has 1 atom stereocenters. The standard InChI is InChI=1S/C21H19BrN2O5/c1-12(25)18-19(23-15-7-9-16(29-2)10-8-15)21(28)24(11-17(26)27)20(18)13-3-5-14(22)6-4-13/h3-10,20,23H,11H2,1-2H3,(H,26,27). The lowest BCUT2D eigenvalue weighted by molar-refractivity contribution is -0.143. The number of ether oxygens (including phenoxy) is 1. The van der Waals surface area contributed by atoms with Crippen molar-refractivity contribution in [3.05, 3.63) is 69.8 Å². The van der Waals surface area contributed by atoms with Gasteiger partial charge >= 0.3 is 5.97 Å². The summed E-state index contributed by atoms with van der Waals surface area (Å²) in [6.45, 7) is 0.846. The van der Waals surface area contributed by atoms with Gasteiger partial charge in [0.05, 0.1) is 18.7 Å². The molecule has 0 aliphatic carbocycles. The van der Waals surface area contributed by atoms with E-state index >= 15 is 0 Å². The second kappa shape index (κ2) is 8.48. The van der Waals surface area contributed by atoms with Gasteiger partial charge in [0.1, 0.15) is 18.0 Å². The lowest BCUT2D eigenvalue weighted by atomic mass is 9.96. The normalized spacial score (nSPS) is 16.2. The van der Waals surface area contributed by atoms with Gasteiger partial charge in [-0.1, -0.05) is 28.1 Å². The van der Waals surface area contributed by atoms with Gasteiger partial charge < -0.3 is 20.1 Å². The van der Waals surface area contributed by atoms with Gasteiger partial charge in [-0.05, 0) is 48.9 Å². The number of ketones is 1. The molecule has 2 aromatic rings. The van der Waals surface area contributed by atoms with Gasteiger partial charge in [-0.15, -0.1) is 0 Å². The Kier molecular flexibility index (Phi) is 6.03. The minimum Gasteiger partial charge on any atom is -0.497 e. The average molecular weight is 459 g/mol. The Bertz CT molecular complexity index is 983. The van der Waals surface area contributed by atoms with Crippen molar-refractivity contribution in [2.75, 3.05) is 19.0 Å². The van der Waals surface area contributed by atoms with Crippen molar-refractivity contribution >= 4 is 39.3 Å². The fourth-order valence-electron chi connectivity index (χ4n) is 3.28. The number of anilines is 1. The van der Waals surface area contributed by atoms with Crippen molar-refractivity contribution in [2.24, 2.45) is 0 Å². The highest BCUT2D eigenvalue weighted by Gasteiger charge is 2.43. The van der Waals surface area contributed by atoms with E-state index in [9.17, 15) is 19.5 Å². The molecular formula is C21H19BrN2O5. The van der Waals surface area contributed by atoms with E-state index in [2.05, 4.69) is 21.2 Å². The van der Waals surface area contributed by atoms with E-state index in [1.807, 2.05) is 0 Å². The Hall–Kier alpha value is -3.13. The number of nitrogens with one attached hydrogen (secondary N) is 1. The Morgan fingerprint density at radius 1 is 1.14 bits per heavy atom. The molecule has 0 saturated carbocycles. The maximum absolute atomic E-state index is 13.1. The SMILES string of the molecule is COc1ccc(NC2=C(C(C)=O)C(c3ccc(Br)cc3)N(CC(=O)O)C2=O)cc1. The summed E-state index contributed by atoms with van der Waals surface area (Å²) in [6.07, 6.45) is 0. The molecule has 2 aromatic carbocycles. The van der Waals surface area contributed by atoms with E-state index in [-0.39, 0.29) is 17.1 Å². The van der Waals surface area contributed by atoms with Gasteiger partial charge in [0.2, 0.25) is 0 Å². The van der Waals surface area contributed by atoms with Crippen LogP contribution in [0.1, 0.15) is 18.5 Å². The van der Waals surface area contributed by atoms with Crippen LogP contribution in [-0.4, -0.2) is 41.3 Å². The smallest absolute Gasteiger partial charge is 0.323 e. The van der Waals surface area contributed by atoms with Crippen LogP contribution < -0.4 is 10.1 Å². The first-order valence-electron chi connectivity index (χ1n) is 8.76. The highest BCUT2D eigenvalue weighted by atomic mass is 79.9. The third-order valence-corrected chi connectivity index (χ3v) is 5.09. The van der Waals surface area contributed by atoms with Crippen LogP contribution in [0.25, 0.3) is 0 Å². The first kappa shape index (κ1) is 20.6. The number of hydrogen-bond donors (Lipinski definition) is 2. The number of methoxy groups -OCH3 is 1. The van der Waals surface area contributed by atoms with Crippen LogP contribution >= 0.6 is 15.9 Å². The fourth-order valence-corrected chi connectivity index (χ4v) is 3.54. The quantitative estimate of drug-likeness (QED) is 0.659. The highest BCUT2D eigenvalue weighted by Crippen LogP contribution is 2.39. The van der Waals surface area contributed by atoms with Crippen LogP contribution in [0.3, 0.4) is 0 Å². The van der Waals surface area contributed by atoms with Gasteiger partial charge in [-0.25, -0.2) is 0 Å². The number of halogens is 1. The van der Waals surface area contributed by atoms with Crippen LogP contribution in [0.5, 0.6) is 5.75 Å². The molecule has 7 nitrogen and oxygen atoms in total. The zero-order chi connectivity index (χ0) is 21.1. The molecule has 0 fully saturated rings. The summed E-state index contributed by atoms with van der Waals surface area (Å²) in [5, 5.41) is 12.3. The molecule has 0 saturated heterocycles. The lowest BCUT2D eigenvalue weighted by Crippen LogP contribution is -2.36. The zero-order valence-electron chi connectivity index (χ0n) is 15.8. The van der Waals surface area contributed by atoms with Crippen LogP contribution in [0.15, 0.2) is 64.3 Å². The van der Waals surface area contributed by atoms with E-state index in [1.165, 1.54) is 11.8 Å². The third kappa shape index (κ3) is 4.32. The molecule has 0 aromatic heterocycles. The van der Waals surface area contributed by atoms with Crippen LogP contribution in [-0.2, 0) is 14.4 Å². The Morgan fingerprint density at radius 3 is 2.28 bits per heavy atom. The monoisotopic (exact) mass is 458 g/mol. The van der Waals surface area contributed by atoms with Crippen molar-refractivity contribution < 1.29 is 24.2 Å². The highest BCUT2D eigenvalue weighted by molar-refractivity contribution is 9.10. The number of nitrogens with zero attached hydrogens (tertiary/aromatic N) is 1. The summed E-state index contributed by atoms with van der Waals surface area (Å²) in [7, 11) is 1.55. The van der Waals surface area contributed by atoms with Crippen molar-refractivity contribution in [1.82, 2.24) is 4.90 Å². The second-order valence-electron chi connectivity index (χ2n) is 6.48. The number of aliphatic carboxylic acids is 1. The first-order valence-corrected chi connectivity index (χ1v) is 9.55. The molecule has 3 rings (SSSR count). The summed E-state index contributed by atoms with van der Waals surface area (Å²) in [4.78, 5) is 38.2. The molecule has 1 heterocycles. The summed E-state index contributed by atoms with van der Waals surface area (Å²) in [5.74, 6) is -1.36. The zero-order valence-corrected chi connectivity index (χ0v) is 17.4. The molecule has 29 heavy (non-hydrogen) atoms. The fraction of sp³-hybridized carbons (Fsp3) is 0.190. The number of Topliss-reactive ketones (excluding diaryl/α,β-unsaturated/α-hetero) is 1. The summed E-state index contributed by atoms with van der Waals surface area (Å²) in [6, 6.07) is 13.2. The van der Waals surface area contributed by atoms with E-state index in [0.717, 1.165) is 4.47 Å². The largest absolute Gasteiger partial charge is 0.497 e. The van der Waals surface area contributed by atoms with E-state index in [4.69, 9.17) is 4.74 Å². The molecule has 1 amide bonds. The molecule has 8 heteroatoms. The predicted octanol–water partition coefficient (Wildman–Crippen LogP) is 3.38. The number of carbonyl (C=O) groups is 3. The van der Waals surface area contributed by atoms with Crippen LogP contribution in [0.2, 0.25) is 0 Å². The van der Waals surface area contributed by atoms with Crippen LogP contribution in [0, 0.1) is 0 Å². The molecule has 1 unspecified atom stereocenters. The minimum atomic E-state index is -1.16. The van der Waals surface area contributed by atoms with E-state index in [0.29, 0.717) is 17.0 Å². The van der Waals surface area contributed by atoms with Gasteiger partial charge in [0, 0.05) is 10.2 Å². The van der Waals surface area contributed by atoms with Crippen molar-refractivity contribution in [1.29, 1.82) is 0 Å². The number of hydrogen-bond acceptors (Lipinski definition) is 5. The maximum Gasteiger partial charge on any atom is 0.323 e. The molecule has 0 radical (unpaired) electrons. The Labute approximate surface area is 176 Å². The van der Waals surface area contributed by atoms with Gasteiger partial charge in [-0.3, -0.25) is 14.4 Å². The molecule has 1 aliphatic rings. The number of rotatable bonds is 7. The third-order valence-electron chi connectivity index (χ3n) is 4.56. The van der Waals surface area contributed by atoms with E-state index < -0.39 is 24.5 Å². The number of carboxylic acids is 1. The maximum atomic E-state index is 13.1. The molecule has 1 aliphatic heterocycles. The Morgan fingerprint density at radius 2 is 1.76 bits per heavy atom. The lowest BCUT2D eigenvalue weighted by Gasteiger charge is -2.25. The second-order valence-corrected chi connectivity index (χ2v) is 7.39. The van der Waals surface area contributed by atoms with Crippen molar-refractivity contribution in [3.8, 4) is 5.75 Å². The summed E-state index contributed by atoms with van der Waals surface area (Å²) >= 11 is 3.36. The molecule has 0 spiro atoms. The first-order chi connectivity index (χ1) is 13.8. The van der Waals surface area contributed by atoms with Crippen molar-refractivity contribution in [3.63, 3.8) is 0 Å². The molecular weight excluding hydrogens is 440 g/mol. The van der Waals surface area contributed by atoms with E-state index in [1.54, 1.807) is 55.6 Å². The Balaban J connectivity index is 2.08. The molecule has 0 bridgehead atoms. The van der Waals surface area contributed by atoms with Gasteiger partial charge in [0.25, 0.3) is 5.91 Å². The molecule has 150 valence electrons. The van der Waals surface area contributed by atoms with Gasteiger partial charge in [0.15, 0.2) is 5.78 Å². The summed E-state index contributed by atoms with van der Waals surface area (Å²) in [5.41, 5.74) is 1.55. The number of carbonyl (C=O) groups excluding carboxylic acids is 2. The topological polar surface area (TPSA) is 95.9 Å². The summed E-state index contributed by atoms with van der Waals surface area (Å²) < 4.78 is 5.96.